The zero-order valence-corrected chi connectivity index (χ0v) is 14.5. The van der Waals surface area contributed by atoms with E-state index in [0.29, 0.717) is 0 Å². The molecule has 0 saturated carbocycles. The summed E-state index contributed by atoms with van der Waals surface area (Å²) in [5.74, 6) is 0.959. The van der Waals surface area contributed by atoms with Gasteiger partial charge in [-0.2, -0.15) is 0 Å². The molecule has 4 heteroatoms. The van der Waals surface area contributed by atoms with Crippen LogP contribution in [0.5, 0.6) is 5.75 Å². The van der Waals surface area contributed by atoms with E-state index in [1.54, 1.807) is 7.11 Å². The van der Waals surface area contributed by atoms with Crippen LogP contribution in [0.2, 0.25) is 0 Å². The lowest BCUT2D eigenvalue weighted by Gasteiger charge is -2.09. The summed E-state index contributed by atoms with van der Waals surface area (Å²) in [5, 5.41) is 3.46. The standard InChI is InChI=1S/C16H17Br2NO/c1-20-16-5-3-2-4-13(16)8-9-19-11-12-6-7-14(17)15(18)10-12/h2-7,10,19H,8-9,11H2,1H3. The van der Waals surface area contributed by atoms with Gasteiger partial charge >= 0.3 is 0 Å². The minimum absolute atomic E-state index is 0.862. The van der Waals surface area contributed by atoms with Crippen molar-refractivity contribution in [2.24, 2.45) is 0 Å². The highest BCUT2D eigenvalue weighted by molar-refractivity contribution is 9.13. The fourth-order valence-electron chi connectivity index (χ4n) is 2.01. The molecule has 0 heterocycles. The van der Waals surface area contributed by atoms with Gasteiger partial charge in [-0.3, -0.25) is 0 Å². The SMILES string of the molecule is COc1ccccc1CCNCc1ccc(Br)c(Br)c1. The van der Waals surface area contributed by atoms with Crippen LogP contribution in [-0.2, 0) is 13.0 Å². The van der Waals surface area contributed by atoms with E-state index < -0.39 is 0 Å². The Kier molecular flexibility index (Phi) is 6.07. The van der Waals surface area contributed by atoms with Crippen LogP contribution in [-0.4, -0.2) is 13.7 Å². The van der Waals surface area contributed by atoms with Gasteiger partial charge in [0.25, 0.3) is 0 Å². The number of benzene rings is 2. The molecule has 2 aromatic rings. The Morgan fingerprint density at radius 2 is 1.85 bits per heavy atom. The molecule has 0 aromatic heterocycles. The van der Waals surface area contributed by atoms with Gasteiger partial charge in [-0.1, -0.05) is 24.3 Å². The van der Waals surface area contributed by atoms with E-state index in [0.717, 1.165) is 34.2 Å². The first-order valence-electron chi connectivity index (χ1n) is 6.47. The molecule has 1 N–H and O–H groups in total. The van der Waals surface area contributed by atoms with Crippen LogP contribution in [0, 0.1) is 0 Å². The second kappa shape index (κ2) is 7.81. The quantitative estimate of drug-likeness (QED) is 0.720. The maximum atomic E-state index is 5.35. The van der Waals surface area contributed by atoms with Crippen LogP contribution >= 0.6 is 31.9 Å². The zero-order chi connectivity index (χ0) is 14.4. The number of methoxy groups -OCH3 is 1. The second-order valence-electron chi connectivity index (χ2n) is 4.49. The fraction of sp³-hybridized carbons (Fsp3) is 0.250. The number of hydrogen-bond donors (Lipinski definition) is 1. The molecule has 0 bridgehead atoms. The van der Waals surface area contributed by atoms with Crippen molar-refractivity contribution >= 4 is 31.9 Å². The topological polar surface area (TPSA) is 21.3 Å². The van der Waals surface area contributed by atoms with Crippen LogP contribution in [0.1, 0.15) is 11.1 Å². The number of nitrogens with one attached hydrogen (secondary N) is 1. The molecular formula is C16H17Br2NO. The molecule has 0 aliphatic heterocycles. The summed E-state index contributed by atoms with van der Waals surface area (Å²) in [7, 11) is 1.71. The third-order valence-corrected chi connectivity index (χ3v) is 4.96. The first-order valence-corrected chi connectivity index (χ1v) is 8.06. The highest BCUT2D eigenvalue weighted by Gasteiger charge is 2.02. The van der Waals surface area contributed by atoms with Crippen molar-refractivity contribution in [1.82, 2.24) is 5.32 Å². The molecule has 0 aliphatic carbocycles. The number of hydrogen-bond acceptors (Lipinski definition) is 2. The molecule has 0 radical (unpaired) electrons. The maximum Gasteiger partial charge on any atom is 0.122 e. The maximum absolute atomic E-state index is 5.35. The smallest absolute Gasteiger partial charge is 0.122 e. The Labute approximate surface area is 136 Å². The zero-order valence-electron chi connectivity index (χ0n) is 11.3. The van der Waals surface area contributed by atoms with Crippen molar-refractivity contribution < 1.29 is 4.74 Å². The lowest BCUT2D eigenvalue weighted by Crippen LogP contribution is -2.16. The lowest BCUT2D eigenvalue weighted by molar-refractivity contribution is 0.409. The largest absolute Gasteiger partial charge is 0.496 e. The Morgan fingerprint density at radius 1 is 1.05 bits per heavy atom. The monoisotopic (exact) mass is 397 g/mol. The van der Waals surface area contributed by atoms with Gasteiger partial charge in [0, 0.05) is 15.5 Å². The van der Waals surface area contributed by atoms with Gasteiger partial charge < -0.3 is 10.1 Å². The van der Waals surface area contributed by atoms with E-state index in [9.17, 15) is 0 Å². The Morgan fingerprint density at radius 3 is 2.60 bits per heavy atom. The van der Waals surface area contributed by atoms with Gasteiger partial charge in [0.05, 0.1) is 7.11 Å². The molecule has 0 atom stereocenters. The number of ether oxygens (including phenoxy) is 1. The van der Waals surface area contributed by atoms with E-state index in [2.05, 4.69) is 61.4 Å². The Bertz CT molecular complexity index is 572. The first kappa shape index (κ1) is 15.5. The van der Waals surface area contributed by atoms with Gasteiger partial charge in [-0.25, -0.2) is 0 Å². The molecule has 0 aliphatic rings. The minimum Gasteiger partial charge on any atom is -0.496 e. The predicted molar refractivity (Wildman–Crippen MR) is 90.2 cm³/mol. The van der Waals surface area contributed by atoms with Crippen molar-refractivity contribution in [3.05, 3.63) is 62.5 Å². The molecule has 20 heavy (non-hydrogen) atoms. The Hall–Kier alpha value is -0.840. The van der Waals surface area contributed by atoms with E-state index >= 15 is 0 Å². The van der Waals surface area contributed by atoms with E-state index in [4.69, 9.17) is 4.74 Å². The second-order valence-corrected chi connectivity index (χ2v) is 6.20. The molecule has 0 spiro atoms. The summed E-state index contributed by atoms with van der Waals surface area (Å²) in [6.07, 6.45) is 0.960. The highest BCUT2D eigenvalue weighted by Crippen LogP contribution is 2.23. The molecule has 0 saturated heterocycles. The van der Waals surface area contributed by atoms with Crippen molar-refractivity contribution in [3.8, 4) is 5.75 Å². The average Bonchev–Trinajstić information content (AvgIpc) is 2.47. The number of halogens is 2. The van der Waals surface area contributed by atoms with E-state index in [1.807, 2.05) is 18.2 Å². The van der Waals surface area contributed by atoms with Gasteiger partial charge in [-0.05, 0) is 74.2 Å². The van der Waals surface area contributed by atoms with Gasteiger partial charge in [0.15, 0.2) is 0 Å². The summed E-state index contributed by atoms with van der Waals surface area (Å²) in [6, 6.07) is 14.4. The normalized spacial score (nSPS) is 10.6. The number of para-hydroxylation sites is 1. The molecule has 0 amide bonds. The lowest BCUT2D eigenvalue weighted by atomic mass is 10.1. The van der Waals surface area contributed by atoms with E-state index in [-0.39, 0.29) is 0 Å². The molecule has 0 fully saturated rings. The molecule has 2 nitrogen and oxygen atoms in total. The third kappa shape index (κ3) is 4.33. The average molecular weight is 399 g/mol. The van der Waals surface area contributed by atoms with Crippen LogP contribution in [0.4, 0.5) is 0 Å². The summed E-state index contributed by atoms with van der Waals surface area (Å²) in [6.45, 7) is 1.79. The van der Waals surface area contributed by atoms with E-state index in [1.165, 1.54) is 11.1 Å². The molecular weight excluding hydrogens is 382 g/mol. The molecule has 106 valence electrons. The van der Waals surface area contributed by atoms with Crippen LogP contribution < -0.4 is 10.1 Å². The Balaban J connectivity index is 1.83. The van der Waals surface area contributed by atoms with Gasteiger partial charge in [-0.15, -0.1) is 0 Å². The number of rotatable bonds is 6. The summed E-state index contributed by atoms with van der Waals surface area (Å²) < 4.78 is 7.51. The molecule has 2 rings (SSSR count). The fourth-order valence-corrected chi connectivity index (χ4v) is 2.69. The summed E-state index contributed by atoms with van der Waals surface area (Å²) >= 11 is 7.00. The molecule has 2 aromatic carbocycles. The van der Waals surface area contributed by atoms with Crippen molar-refractivity contribution in [3.63, 3.8) is 0 Å². The van der Waals surface area contributed by atoms with Crippen molar-refractivity contribution in [1.29, 1.82) is 0 Å². The predicted octanol–water partition coefficient (Wildman–Crippen LogP) is 4.55. The minimum atomic E-state index is 0.862. The summed E-state index contributed by atoms with van der Waals surface area (Å²) in [4.78, 5) is 0. The van der Waals surface area contributed by atoms with Crippen LogP contribution in [0.3, 0.4) is 0 Å². The van der Waals surface area contributed by atoms with Crippen LogP contribution in [0.25, 0.3) is 0 Å². The van der Waals surface area contributed by atoms with Crippen LogP contribution in [0.15, 0.2) is 51.4 Å². The van der Waals surface area contributed by atoms with Gasteiger partial charge in [0.2, 0.25) is 0 Å². The van der Waals surface area contributed by atoms with Gasteiger partial charge in [0.1, 0.15) is 5.75 Å². The third-order valence-electron chi connectivity index (χ3n) is 3.08. The summed E-state index contributed by atoms with van der Waals surface area (Å²) in [5.41, 5.74) is 2.50. The van der Waals surface area contributed by atoms with Crippen molar-refractivity contribution in [2.75, 3.05) is 13.7 Å². The van der Waals surface area contributed by atoms with Crippen molar-refractivity contribution in [2.45, 2.75) is 13.0 Å². The first-order chi connectivity index (χ1) is 9.70. The highest BCUT2D eigenvalue weighted by atomic mass is 79.9. The molecule has 0 unspecified atom stereocenters.